The number of H-pyrrole nitrogens is 1. The standard InChI is InChI=1S/C19H14F2N8O2/c1-28-14-7-6-12(8-13(14)22-19(28)30)16-23-27-29(26-16)9-10-2-4-11(5-3-10)17-24-25-18(31-17)15(20)21/h2-8,15H,9H2,1H3,(H,22,30). The summed E-state index contributed by atoms with van der Waals surface area (Å²) in [7, 11) is 1.69. The molecule has 10 nitrogen and oxygen atoms in total. The number of aromatic amines is 1. The molecule has 12 heteroatoms. The number of hydrogen-bond acceptors (Lipinski definition) is 7. The number of nitrogens with one attached hydrogen (secondary N) is 1. The van der Waals surface area contributed by atoms with Gasteiger partial charge in [-0.1, -0.05) is 12.1 Å². The van der Waals surface area contributed by atoms with Gasteiger partial charge in [0.25, 0.3) is 5.89 Å². The first-order chi connectivity index (χ1) is 15.0. The van der Waals surface area contributed by atoms with Crippen LogP contribution in [-0.2, 0) is 13.6 Å². The molecule has 0 aliphatic rings. The van der Waals surface area contributed by atoms with Crippen LogP contribution in [0.3, 0.4) is 0 Å². The molecule has 0 saturated carbocycles. The number of alkyl halides is 2. The van der Waals surface area contributed by atoms with Gasteiger partial charge in [-0.2, -0.15) is 13.6 Å². The van der Waals surface area contributed by atoms with Gasteiger partial charge in [0.15, 0.2) is 0 Å². The van der Waals surface area contributed by atoms with Crippen LogP contribution in [-0.4, -0.2) is 40.0 Å². The lowest BCUT2D eigenvalue weighted by Crippen LogP contribution is -2.11. The number of fused-ring (bicyclic) bond motifs is 1. The Hall–Kier alpha value is -4.22. The number of halogens is 2. The maximum absolute atomic E-state index is 12.6. The Balaban J connectivity index is 1.34. The average molecular weight is 424 g/mol. The number of rotatable bonds is 5. The lowest BCUT2D eigenvalue weighted by atomic mass is 10.1. The highest BCUT2D eigenvalue weighted by molar-refractivity contribution is 5.80. The molecule has 0 fully saturated rings. The Bertz CT molecular complexity index is 1430. The summed E-state index contributed by atoms with van der Waals surface area (Å²) in [5, 5.41) is 19.5. The molecule has 0 aliphatic carbocycles. The van der Waals surface area contributed by atoms with E-state index in [1.807, 2.05) is 12.1 Å². The Morgan fingerprint density at radius 1 is 1.06 bits per heavy atom. The van der Waals surface area contributed by atoms with E-state index in [0.29, 0.717) is 23.4 Å². The van der Waals surface area contributed by atoms with Gasteiger partial charge in [-0.3, -0.25) is 4.57 Å². The molecule has 1 N–H and O–H groups in total. The summed E-state index contributed by atoms with van der Waals surface area (Å²) >= 11 is 0. The summed E-state index contributed by atoms with van der Waals surface area (Å²) in [4.78, 5) is 16.0. The first kappa shape index (κ1) is 18.8. The molecule has 0 unspecified atom stereocenters. The second kappa shape index (κ2) is 7.23. The topological polar surface area (TPSA) is 120 Å². The van der Waals surface area contributed by atoms with Crippen molar-refractivity contribution in [1.82, 2.24) is 40.0 Å². The molecule has 31 heavy (non-hydrogen) atoms. The molecular weight excluding hydrogens is 410 g/mol. The zero-order valence-corrected chi connectivity index (χ0v) is 16.0. The fourth-order valence-corrected chi connectivity index (χ4v) is 3.16. The van der Waals surface area contributed by atoms with Gasteiger partial charge in [0.05, 0.1) is 17.6 Å². The van der Waals surface area contributed by atoms with Gasteiger partial charge in [0.2, 0.25) is 11.7 Å². The third kappa shape index (κ3) is 3.47. The van der Waals surface area contributed by atoms with Crippen molar-refractivity contribution in [2.24, 2.45) is 7.05 Å². The number of nitrogens with zero attached hydrogens (tertiary/aromatic N) is 7. The molecule has 0 bridgehead atoms. The van der Waals surface area contributed by atoms with E-state index in [2.05, 4.69) is 30.6 Å². The highest BCUT2D eigenvalue weighted by Crippen LogP contribution is 2.24. The molecule has 3 aromatic heterocycles. The number of tetrazole rings is 1. The van der Waals surface area contributed by atoms with Gasteiger partial charge in [0, 0.05) is 18.2 Å². The molecule has 2 aromatic carbocycles. The van der Waals surface area contributed by atoms with E-state index < -0.39 is 12.3 Å². The summed E-state index contributed by atoms with van der Waals surface area (Å²) in [6.07, 6.45) is -2.81. The van der Waals surface area contributed by atoms with Crippen LogP contribution in [0.25, 0.3) is 33.9 Å². The molecule has 5 aromatic rings. The van der Waals surface area contributed by atoms with E-state index in [9.17, 15) is 13.6 Å². The Morgan fingerprint density at radius 3 is 2.58 bits per heavy atom. The number of benzene rings is 2. The molecule has 0 spiro atoms. The Kier molecular flexibility index (Phi) is 4.38. The molecule has 0 radical (unpaired) electrons. The molecule has 156 valence electrons. The van der Waals surface area contributed by atoms with Crippen molar-refractivity contribution in [3.05, 3.63) is 64.4 Å². The van der Waals surface area contributed by atoms with Crippen LogP contribution in [0.15, 0.2) is 51.7 Å². The summed E-state index contributed by atoms with van der Waals surface area (Å²) < 4.78 is 31.6. The van der Waals surface area contributed by atoms with Crippen LogP contribution in [0.4, 0.5) is 8.78 Å². The summed E-state index contributed by atoms with van der Waals surface area (Å²) in [5.41, 5.74) is 3.39. The first-order valence-corrected chi connectivity index (χ1v) is 9.16. The monoisotopic (exact) mass is 424 g/mol. The zero-order chi connectivity index (χ0) is 21.5. The van der Waals surface area contributed by atoms with Crippen molar-refractivity contribution < 1.29 is 13.2 Å². The highest BCUT2D eigenvalue weighted by Gasteiger charge is 2.17. The van der Waals surface area contributed by atoms with Crippen molar-refractivity contribution in [2.75, 3.05) is 0 Å². The van der Waals surface area contributed by atoms with Crippen LogP contribution in [0, 0.1) is 0 Å². The maximum atomic E-state index is 12.6. The first-order valence-electron chi connectivity index (χ1n) is 9.16. The Morgan fingerprint density at radius 2 is 1.84 bits per heavy atom. The number of imidazole rings is 1. The molecule has 5 rings (SSSR count). The normalized spacial score (nSPS) is 11.6. The van der Waals surface area contributed by atoms with E-state index in [1.54, 1.807) is 37.4 Å². The minimum atomic E-state index is -2.81. The van der Waals surface area contributed by atoms with Crippen molar-refractivity contribution in [3.8, 4) is 22.8 Å². The van der Waals surface area contributed by atoms with E-state index in [-0.39, 0.29) is 11.6 Å². The SMILES string of the molecule is Cn1c(=O)[nH]c2cc(-c3nnn(Cc4ccc(-c5nnc(C(F)F)o5)cc4)n3)ccc21. The quantitative estimate of drug-likeness (QED) is 0.460. The Labute approximate surface area is 172 Å². The fraction of sp³-hybridized carbons (Fsp3) is 0.158. The fourth-order valence-electron chi connectivity index (χ4n) is 3.16. The molecule has 0 saturated heterocycles. The van der Waals surface area contributed by atoms with Crippen LogP contribution < -0.4 is 5.69 Å². The van der Waals surface area contributed by atoms with Gasteiger partial charge in [-0.25, -0.2) is 4.79 Å². The number of hydrogen-bond donors (Lipinski definition) is 1. The number of aryl methyl sites for hydroxylation is 1. The van der Waals surface area contributed by atoms with E-state index in [4.69, 9.17) is 4.42 Å². The van der Waals surface area contributed by atoms with Crippen molar-refractivity contribution >= 4 is 11.0 Å². The molecule has 3 heterocycles. The van der Waals surface area contributed by atoms with Crippen LogP contribution in [0.5, 0.6) is 0 Å². The van der Waals surface area contributed by atoms with Crippen LogP contribution in [0.1, 0.15) is 17.9 Å². The van der Waals surface area contributed by atoms with Gasteiger partial charge in [-0.05, 0) is 41.1 Å². The minimum Gasteiger partial charge on any atom is -0.415 e. The average Bonchev–Trinajstić information content (AvgIpc) is 3.49. The lowest BCUT2D eigenvalue weighted by molar-refractivity contribution is 0.116. The number of aromatic nitrogens is 8. The van der Waals surface area contributed by atoms with Crippen molar-refractivity contribution in [1.29, 1.82) is 0 Å². The van der Waals surface area contributed by atoms with E-state index in [1.165, 1.54) is 9.36 Å². The predicted molar refractivity (Wildman–Crippen MR) is 104 cm³/mol. The van der Waals surface area contributed by atoms with E-state index in [0.717, 1.165) is 16.6 Å². The van der Waals surface area contributed by atoms with Crippen molar-refractivity contribution in [2.45, 2.75) is 13.0 Å². The summed E-state index contributed by atoms with van der Waals surface area (Å²) in [6, 6.07) is 12.4. The largest absolute Gasteiger partial charge is 0.415 e. The third-order valence-corrected chi connectivity index (χ3v) is 4.77. The van der Waals surface area contributed by atoms with Gasteiger partial charge >= 0.3 is 12.1 Å². The van der Waals surface area contributed by atoms with Crippen molar-refractivity contribution in [3.63, 3.8) is 0 Å². The van der Waals surface area contributed by atoms with Gasteiger partial charge in [0.1, 0.15) is 0 Å². The van der Waals surface area contributed by atoms with Gasteiger partial charge < -0.3 is 9.40 Å². The van der Waals surface area contributed by atoms with Crippen LogP contribution >= 0.6 is 0 Å². The second-order valence-corrected chi connectivity index (χ2v) is 6.81. The van der Waals surface area contributed by atoms with E-state index >= 15 is 0 Å². The molecule has 0 amide bonds. The predicted octanol–water partition coefficient (Wildman–Crippen LogP) is 2.56. The van der Waals surface area contributed by atoms with Crippen LogP contribution in [0.2, 0.25) is 0 Å². The summed E-state index contributed by atoms with van der Waals surface area (Å²) in [6.45, 7) is 0.351. The maximum Gasteiger partial charge on any atom is 0.326 e. The zero-order valence-electron chi connectivity index (χ0n) is 16.0. The van der Waals surface area contributed by atoms with Gasteiger partial charge in [-0.15, -0.1) is 20.4 Å². The molecular formula is C19H14F2N8O2. The minimum absolute atomic E-state index is 0.0253. The molecule has 0 aliphatic heterocycles. The smallest absolute Gasteiger partial charge is 0.326 e. The second-order valence-electron chi connectivity index (χ2n) is 6.81. The lowest BCUT2D eigenvalue weighted by Gasteiger charge is -2.01. The summed E-state index contributed by atoms with van der Waals surface area (Å²) in [5.74, 6) is -0.262. The third-order valence-electron chi connectivity index (χ3n) is 4.77. The molecule has 0 atom stereocenters. The highest BCUT2D eigenvalue weighted by atomic mass is 19.3.